The van der Waals surface area contributed by atoms with Gasteiger partial charge in [0.15, 0.2) is 0 Å². The van der Waals surface area contributed by atoms with E-state index in [1.165, 1.54) is 49.8 Å². The Morgan fingerprint density at radius 2 is 1.80 bits per heavy atom. The minimum Gasteiger partial charge on any atom is -0.387 e. The molecule has 2 fully saturated rings. The van der Waals surface area contributed by atoms with Crippen molar-refractivity contribution >= 4 is 0 Å². The van der Waals surface area contributed by atoms with Gasteiger partial charge < -0.3 is 5.11 Å². The molecule has 0 amide bonds. The van der Waals surface area contributed by atoms with Crippen molar-refractivity contribution in [3.05, 3.63) is 34.9 Å². The van der Waals surface area contributed by atoms with E-state index in [4.69, 9.17) is 0 Å². The molecule has 3 rings (SSSR count). The third kappa shape index (κ3) is 2.91. The van der Waals surface area contributed by atoms with E-state index in [9.17, 15) is 5.11 Å². The summed E-state index contributed by atoms with van der Waals surface area (Å²) >= 11 is 0. The minimum atomic E-state index is -0.339. The quantitative estimate of drug-likeness (QED) is 0.909. The molecule has 1 heterocycles. The number of β-amino-alcohol motifs (C(OH)–C–C–N with tert-alkyl or cyclic N) is 1. The lowest BCUT2D eigenvalue weighted by Gasteiger charge is -2.33. The molecule has 0 aromatic heterocycles. The van der Waals surface area contributed by atoms with E-state index in [0.29, 0.717) is 0 Å². The van der Waals surface area contributed by atoms with Gasteiger partial charge in [0.25, 0.3) is 0 Å². The molecule has 0 bridgehead atoms. The van der Waals surface area contributed by atoms with E-state index in [2.05, 4.69) is 36.9 Å². The van der Waals surface area contributed by atoms with Gasteiger partial charge in [-0.15, -0.1) is 0 Å². The van der Waals surface area contributed by atoms with Gasteiger partial charge in [-0.3, -0.25) is 4.90 Å². The highest BCUT2D eigenvalue weighted by Crippen LogP contribution is 2.37. The van der Waals surface area contributed by atoms with Gasteiger partial charge in [-0.25, -0.2) is 0 Å². The number of aliphatic hydroxyl groups excluding tert-OH is 1. The van der Waals surface area contributed by atoms with Crippen molar-refractivity contribution in [2.45, 2.75) is 58.1 Å². The smallest absolute Gasteiger partial charge is 0.0917 e. The zero-order valence-corrected chi connectivity index (χ0v) is 12.8. The summed E-state index contributed by atoms with van der Waals surface area (Å²) in [6.45, 7) is 6.20. The number of hydrogen-bond donors (Lipinski definition) is 1. The number of hydrogen-bond acceptors (Lipinski definition) is 2. The molecule has 1 N–H and O–H groups in total. The lowest BCUT2D eigenvalue weighted by Crippen LogP contribution is -2.37. The van der Waals surface area contributed by atoms with Crippen LogP contribution in [0.4, 0.5) is 0 Å². The lowest BCUT2D eigenvalue weighted by atomic mass is 9.85. The maximum absolute atomic E-state index is 10.6. The summed E-state index contributed by atoms with van der Waals surface area (Å²) in [6.07, 6.45) is 6.52. The molecule has 0 radical (unpaired) electrons. The number of fused-ring (bicyclic) bond motifs is 1. The van der Waals surface area contributed by atoms with Crippen LogP contribution in [0.15, 0.2) is 18.2 Å². The van der Waals surface area contributed by atoms with Crippen molar-refractivity contribution in [3.8, 4) is 0 Å². The van der Waals surface area contributed by atoms with Crippen LogP contribution in [0, 0.1) is 19.8 Å². The summed E-state index contributed by atoms with van der Waals surface area (Å²) in [5.74, 6) is 0.898. The van der Waals surface area contributed by atoms with Crippen LogP contribution in [-0.2, 0) is 0 Å². The Labute approximate surface area is 122 Å². The predicted molar refractivity (Wildman–Crippen MR) is 82.8 cm³/mol. The fourth-order valence-electron chi connectivity index (χ4n) is 4.26. The van der Waals surface area contributed by atoms with Gasteiger partial charge >= 0.3 is 0 Å². The molecule has 1 aromatic rings. The van der Waals surface area contributed by atoms with E-state index in [0.717, 1.165) is 24.1 Å². The van der Waals surface area contributed by atoms with Crippen LogP contribution < -0.4 is 0 Å². The van der Waals surface area contributed by atoms with Crippen LogP contribution in [0.1, 0.15) is 54.9 Å². The van der Waals surface area contributed by atoms with Crippen LogP contribution >= 0.6 is 0 Å². The summed E-state index contributed by atoms with van der Waals surface area (Å²) < 4.78 is 0. The first-order chi connectivity index (χ1) is 9.63. The van der Waals surface area contributed by atoms with Gasteiger partial charge in [-0.2, -0.15) is 0 Å². The van der Waals surface area contributed by atoms with Crippen LogP contribution in [-0.4, -0.2) is 29.1 Å². The van der Waals surface area contributed by atoms with E-state index < -0.39 is 0 Å². The maximum Gasteiger partial charge on any atom is 0.0917 e. The summed E-state index contributed by atoms with van der Waals surface area (Å²) in [6, 6.07) is 7.17. The summed E-state index contributed by atoms with van der Waals surface area (Å²) in [5, 5.41) is 10.6. The second-order valence-corrected chi connectivity index (χ2v) is 6.83. The van der Waals surface area contributed by atoms with Gasteiger partial charge in [0.2, 0.25) is 0 Å². The molecule has 2 heteroatoms. The number of benzene rings is 1. The highest BCUT2D eigenvalue weighted by molar-refractivity contribution is 5.30. The number of aliphatic hydroxyl groups is 1. The van der Waals surface area contributed by atoms with Gasteiger partial charge in [-0.05, 0) is 51.1 Å². The number of aryl methyl sites for hydroxylation is 2. The summed E-state index contributed by atoms with van der Waals surface area (Å²) in [5.41, 5.74) is 3.58. The second-order valence-electron chi connectivity index (χ2n) is 6.83. The van der Waals surface area contributed by atoms with Crippen molar-refractivity contribution in [2.75, 3.05) is 13.1 Å². The molecule has 3 unspecified atom stereocenters. The molecule has 2 aliphatic rings. The molecule has 20 heavy (non-hydrogen) atoms. The van der Waals surface area contributed by atoms with E-state index in [-0.39, 0.29) is 6.10 Å². The highest BCUT2D eigenvalue weighted by Gasteiger charge is 2.36. The average Bonchev–Trinajstić information content (AvgIpc) is 2.81. The van der Waals surface area contributed by atoms with Gasteiger partial charge in [-0.1, -0.05) is 42.2 Å². The highest BCUT2D eigenvalue weighted by atomic mass is 16.3. The normalized spacial score (nSPS) is 28.4. The summed E-state index contributed by atoms with van der Waals surface area (Å²) in [4.78, 5) is 2.55. The van der Waals surface area contributed by atoms with E-state index in [1.54, 1.807) is 0 Å². The van der Waals surface area contributed by atoms with Crippen molar-refractivity contribution < 1.29 is 5.11 Å². The van der Waals surface area contributed by atoms with Gasteiger partial charge in [0.1, 0.15) is 0 Å². The Morgan fingerprint density at radius 1 is 1.10 bits per heavy atom. The maximum atomic E-state index is 10.6. The van der Waals surface area contributed by atoms with Crippen molar-refractivity contribution in [1.82, 2.24) is 4.90 Å². The fraction of sp³-hybridized carbons (Fsp3) is 0.667. The molecule has 110 valence electrons. The Balaban J connectivity index is 1.68. The van der Waals surface area contributed by atoms with Crippen LogP contribution in [0.25, 0.3) is 0 Å². The molecule has 3 atom stereocenters. The molecular formula is C18H27NO. The first-order valence-corrected chi connectivity index (χ1v) is 8.14. The van der Waals surface area contributed by atoms with Gasteiger partial charge in [0, 0.05) is 12.6 Å². The zero-order valence-electron chi connectivity index (χ0n) is 12.8. The largest absolute Gasteiger partial charge is 0.387 e. The Morgan fingerprint density at radius 3 is 2.55 bits per heavy atom. The third-order valence-corrected chi connectivity index (χ3v) is 5.16. The Hall–Kier alpha value is -0.860. The van der Waals surface area contributed by atoms with E-state index in [1.807, 2.05) is 0 Å². The topological polar surface area (TPSA) is 23.5 Å². The second kappa shape index (κ2) is 5.87. The number of likely N-dealkylation sites (tertiary alicyclic amines) is 1. The molecule has 1 saturated heterocycles. The average molecular weight is 273 g/mol. The van der Waals surface area contributed by atoms with Crippen LogP contribution in [0.3, 0.4) is 0 Å². The number of nitrogens with zero attached hydrogens (tertiary/aromatic N) is 1. The van der Waals surface area contributed by atoms with Gasteiger partial charge in [0.05, 0.1) is 6.10 Å². The standard InChI is InChI=1S/C18H27NO/c1-13-9-14(2)11-16(10-13)18(20)12-19-8-7-15-5-3-4-6-17(15)19/h9-11,15,17-18,20H,3-8,12H2,1-2H3. The molecule has 1 aromatic carbocycles. The number of rotatable bonds is 3. The van der Waals surface area contributed by atoms with E-state index >= 15 is 0 Å². The van der Waals surface area contributed by atoms with Crippen molar-refractivity contribution in [2.24, 2.45) is 5.92 Å². The Kier molecular flexibility index (Phi) is 4.13. The van der Waals surface area contributed by atoms with Crippen molar-refractivity contribution in [1.29, 1.82) is 0 Å². The molecular weight excluding hydrogens is 246 g/mol. The molecule has 2 nitrogen and oxygen atoms in total. The Bertz CT molecular complexity index is 450. The summed E-state index contributed by atoms with van der Waals surface area (Å²) in [7, 11) is 0. The predicted octanol–water partition coefficient (Wildman–Crippen LogP) is 3.60. The molecule has 1 aliphatic heterocycles. The van der Waals surface area contributed by atoms with Crippen molar-refractivity contribution in [3.63, 3.8) is 0 Å². The first kappa shape index (κ1) is 14.1. The zero-order chi connectivity index (χ0) is 14.1. The monoisotopic (exact) mass is 273 g/mol. The first-order valence-electron chi connectivity index (χ1n) is 8.14. The molecule has 1 saturated carbocycles. The van der Waals surface area contributed by atoms with Crippen LogP contribution in [0.2, 0.25) is 0 Å². The SMILES string of the molecule is Cc1cc(C)cc(C(O)CN2CCC3CCCCC32)c1. The lowest BCUT2D eigenvalue weighted by molar-refractivity contribution is 0.0893. The fourth-order valence-corrected chi connectivity index (χ4v) is 4.26. The molecule has 1 aliphatic carbocycles. The minimum absolute atomic E-state index is 0.339. The van der Waals surface area contributed by atoms with Crippen LogP contribution in [0.5, 0.6) is 0 Å². The molecule has 0 spiro atoms. The third-order valence-electron chi connectivity index (χ3n) is 5.16.